The molecule has 0 spiro atoms. The minimum atomic E-state index is -0.452. The summed E-state index contributed by atoms with van der Waals surface area (Å²) in [4.78, 5) is 33.4. The number of Topliss-reactive ketones (excluding diaryl/α,β-unsaturated/α-hetero) is 1. The van der Waals surface area contributed by atoms with Crippen LogP contribution in [-0.2, 0) is 11.2 Å². The van der Waals surface area contributed by atoms with Crippen molar-refractivity contribution in [2.45, 2.75) is 65.0 Å². The van der Waals surface area contributed by atoms with E-state index in [9.17, 15) is 14.0 Å². The van der Waals surface area contributed by atoms with Crippen LogP contribution >= 0.6 is 11.6 Å². The number of fused-ring (bicyclic) bond motifs is 1. The van der Waals surface area contributed by atoms with Crippen molar-refractivity contribution in [1.29, 1.82) is 0 Å². The van der Waals surface area contributed by atoms with E-state index >= 15 is 0 Å². The average Bonchev–Trinajstić information content (AvgIpc) is 3.48. The smallest absolute Gasteiger partial charge is 0.256 e. The molecule has 0 N–H and O–H groups in total. The topological polar surface area (TPSA) is 58.4 Å². The molecule has 0 bridgehead atoms. The maximum Gasteiger partial charge on any atom is 0.256 e. The van der Waals surface area contributed by atoms with Crippen LogP contribution in [-0.4, -0.2) is 63.3 Å². The zero-order chi connectivity index (χ0) is 27.1. The molecule has 3 heterocycles. The molecule has 2 aromatic heterocycles. The number of aromatic nitrogens is 2. The molecule has 8 heteroatoms. The normalized spacial score (nSPS) is 19.3. The Labute approximate surface area is 228 Å². The summed E-state index contributed by atoms with van der Waals surface area (Å²) in [7, 11) is 1.73. The molecule has 2 fully saturated rings. The fraction of sp³-hybridized carbons (Fsp3) is 0.500. The Morgan fingerprint density at radius 1 is 1.26 bits per heavy atom. The third kappa shape index (κ3) is 4.98. The number of rotatable bonds is 8. The van der Waals surface area contributed by atoms with Gasteiger partial charge in [0, 0.05) is 56.3 Å². The maximum atomic E-state index is 14.3. The largest absolute Gasteiger partial charge is 0.339 e. The van der Waals surface area contributed by atoms with Gasteiger partial charge in [-0.3, -0.25) is 19.5 Å². The van der Waals surface area contributed by atoms with E-state index in [1.165, 1.54) is 12.1 Å². The lowest BCUT2D eigenvalue weighted by molar-refractivity contribution is -0.128. The Morgan fingerprint density at radius 2 is 2.03 bits per heavy atom. The fourth-order valence-corrected chi connectivity index (χ4v) is 6.49. The molecule has 38 heavy (non-hydrogen) atoms. The SMILES string of the molecule is CC[C@@H](C1CC(=O)C1)N1CC[C@H](Cc2cn(-c3ccc(F)cc3C(=O)N(C)C(C)C)c3cncc(Cl)c23)C1. The highest BCUT2D eigenvalue weighted by Gasteiger charge is 2.38. The van der Waals surface area contributed by atoms with Crippen molar-refractivity contribution in [1.82, 2.24) is 19.4 Å². The van der Waals surface area contributed by atoms with E-state index < -0.39 is 5.82 Å². The summed E-state index contributed by atoms with van der Waals surface area (Å²) in [6.07, 6.45) is 9.90. The van der Waals surface area contributed by atoms with Crippen molar-refractivity contribution in [3.05, 3.63) is 58.8 Å². The third-order valence-electron chi connectivity index (χ3n) is 8.53. The number of nitrogens with zero attached hydrogens (tertiary/aromatic N) is 4. The van der Waals surface area contributed by atoms with Crippen molar-refractivity contribution >= 4 is 34.2 Å². The number of pyridine rings is 1. The minimum absolute atomic E-state index is 0.0259. The molecule has 2 atom stereocenters. The number of hydrogen-bond acceptors (Lipinski definition) is 4. The standard InChI is InChI=1S/C30H36ClFN4O2/c1-5-26(20-11-23(37)12-20)35-9-8-19(16-35)10-21-17-36(28-15-33-14-25(31)29(21)28)27-7-6-22(32)13-24(27)30(38)34(4)18(2)3/h6-7,13-15,17-20,26H,5,8-12,16H2,1-4H3/t19-,26+/m1/s1. The summed E-state index contributed by atoms with van der Waals surface area (Å²) in [6, 6.07) is 4.80. The number of carbonyl (C=O) groups is 2. The molecule has 202 valence electrons. The van der Waals surface area contributed by atoms with Gasteiger partial charge in [0.05, 0.1) is 28.0 Å². The first-order valence-corrected chi connectivity index (χ1v) is 14.0. The summed E-state index contributed by atoms with van der Waals surface area (Å²) >= 11 is 6.70. The van der Waals surface area contributed by atoms with Crippen LogP contribution in [0.15, 0.2) is 36.8 Å². The van der Waals surface area contributed by atoms with Gasteiger partial charge in [0.15, 0.2) is 0 Å². The molecule has 5 rings (SSSR count). The second-order valence-corrected chi connectivity index (χ2v) is 11.7. The van der Waals surface area contributed by atoms with Gasteiger partial charge in [0.1, 0.15) is 11.6 Å². The highest BCUT2D eigenvalue weighted by Crippen LogP contribution is 2.37. The van der Waals surface area contributed by atoms with Crippen LogP contribution in [0, 0.1) is 17.7 Å². The van der Waals surface area contributed by atoms with Crippen molar-refractivity contribution in [2.24, 2.45) is 11.8 Å². The molecule has 1 amide bonds. The van der Waals surface area contributed by atoms with Gasteiger partial charge in [-0.25, -0.2) is 4.39 Å². The molecular weight excluding hydrogens is 503 g/mol. The van der Waals surface area contributed by atoms with Crippen LogP contribution in [0.2, 0.25) is 5.02 Å². The number of halogens is 2. The predicted octanol–water partition coefficient (Wildman–Crippen LogP) is 5.92. The fourth-order valence-electron chi connectivity index (χ4n) is 6.21. The second-order valence-electron chi connectivity index (χ2n) is 11.2. The first-order chi connectivity index (χ1) is 18.2. The van der Waals surface area contributed by atoms with E-state index in [4.69, 9.17) is 11.6 Å². The van der Waals surface area contributed by atoms with Crippen LogP contribution in [0.25, 0.3) is 16.6 Å². The Bertz CT molecular complexity index is 1360. The van der Waals surface area contributed by atoms with Crippen molar-refractivity contribution in [3.8, 4) is 5.69 Å². The van der Waals surface area contributed by atoms with Gasteiger partial charge >= 0.3 is 0 Å². The van der Waals surface area contributed by atoms with E-state index in [0.717, 1.165) is 61.7 Å². The lowest BCUT2D eigenvalue weighted by Gasteiger charge is -2.38. The van der Waals surface area contributed by atoms with Crippen LogP contribution in [0.3, 0.4) is 0 Å². The van der Waals surface area contributed by atoms with E-state index in [-0.39, 0.29) is 11.9 Å². The Balaban J connectivity index is 1.47. The molecule has 1 aromatic carbocycles. The van der Waals surface area contributed by atoms with Crippen LogP contribution in [0.5, 0.6) is 0 Å². The Hall–Kier alpha value is -2.77. The molecule has 0 radical (unpaired) electrons. The molecular formula is C30H36ClFN4O2. The number of carbonyl (C=O) groups excluding carboxylic acids is 2. The maximum absolute atomic E-state index is 14.3. The van der Waals surface area contributed by atoms with Crippen molar-refractivity contribution in [2.75, 3.05) is 20.1 Å². The average molecular weight is 539 g/mol. The molecule has 1 saturated carbocycles. The molecule has 0 unspecified atom stereocenters. The second kappa shape index (κ2) is 10.8. The van der Waals surface area contributed by atoms with Crippen LogP contribution in [0.4, 0.5) is 4.39 Å². The van der Waals surface area contributed by atoms with Crippen molar-refractivity contribution < 1.29 is 14.0 Å². The van der Waals surface area contributed by atoms with E-state index in [1.54, 1.807) is 30.4 Å². The predicted molar refractivity (Wildman–Crippen MR) is 148 cm³/mol. The van der Waals surface area contributed by atoms with Gasteiger partial charge in [0.25, 0.3) is 5.91 Å². The first-order valence-electron chi connectivity index (χ1n) is 13.6. The highest BCUT2D eigenvalue weighted by atomic mass is 35.5. The number of benzene rings is 1. The highest BCUT2D eigenvalue weighted by molar-refractivity contribution is 6.35. The molecule has 1 aliphatic heterocycles. The molecule has 3 aromatic rings. The number of hydrogen-bond donors (Lipinski definition) is 0. The Morgan fingerprint density at radius 3 is 2.71 bits per heavy atom. The van der Waals surface area contributed by atoms with Crippen LogP contribution < -0.4 is 0 Å². The zero-order valence-electron chi connectivity index (χ0n) is 22.6. The summed E-state index contributed by atoms with van der Waals surface area (Å²) in [5.41, 5.74) is 2.82. The minimum Gasteiger partial charge on any atom is -0.339 e. The third-order valence-corrected chi connectivity index (χ3v) is 8.81. The lowest BCUT2D eigenvalue weighted by Crippen LogP contribution is -2.44. The number of ketones is 1. The van der Waals surface area contributed by atoms with E-state index in [2.05, 4.69) is 16.8 Å². The summed E-state index contributed by atoms with van der Waals surface area (Å²) in [5, 5.41) is 1.50. The molecule has 6 nitrogen and oxygen atoms in total. The summed E-state index contributed by atoms with van der Waals surface area (Å²) in [5.74, 6) is 0.654. The zero-order valence-corrected chi connectivity index (χ0v) is 23.3. The van der Waals surface area contributed by atoms with E-state index in [0.29, 0.717) is 39.9 Å². The van der Waals surface area contributed by atoms with Gasteiger partial charge in [-0.15, -0.1) is 0 Å². The van der Waals surface area contributed by atoms with E-state index in [1.807, 2.05) is 24.6 Å². The van der Waals surface area contributed by atoms with Gasteiger partial charge in [0.2, 0.25) is 0 Å². The van der Waals surface area contributed by atoms with Gasteiger partial charge in [-0.2, -0.15) is 0 Å². The lowest BCUT2D eigenvalue weighted by atomic mass is 9.77. The summed E-state index contributed by atoms with van der Waals surface area (Å²) < 4.78 is 16.3. The Kier molecular flexibility index (Phi) is 7.60. The molecule has 2 aliphatic rings. The van der Waals surface area contributed by atoms with Gasteiger partial charge < -0.3 is 9.47 Å². The molecule has 1 saturated heterocycles. The van der Waals surface area contributed by atoms with Crippen molar-refractivity contribution in [3.63, 3.8) is 0 Å². The number of amides is 1. The van der Waals surface area contributed by atoms with Gasteiger partial charge in [-0.05, 0) is 75.3 Å². The number of likely N-dealkylation sites (tertiary alicyclic amines) is 1. The van der Waals surface area contributed by atoms with Gasteiger partial charge in [-0.1, -0.05) is 18.5 Å². The first kappa shape index (κ1) is 26.8. The van der Waals surface area contributed by atoms with Crippen LogP contribution in [0.1, 0.15) is 62.4 Å². The summed E-state index contributed by atoms with van der Waals surface area (Å²) in [6.45, 7) is 8.12. The monoisotopic (exact) mass is 538 g/mol. The molecule has 1 aliphatic carbocycles. The quantitative estimate of drug-likeness (QED) is 0.357.